The molecule has 1 heterocycles. The van der Waals surface area contributed by atoms with Crippen LogP contribution in [0.3, 0.4) is 0 Å². The second-order valence-electron chi connectivity index (χ2n) is 3.87. The molecule has 0 bridgehead atoms. The van der Waals surface area contributed by atoms with Gasteiger partial charge in [-0.15, -0.1) is 0 Å². The predicted molar refractivity (Wildman–Crippen MR) is 71.6 cm³/mol. The van der Waals surface area contributed by atoms with Gasteiger partial charge < -0.3 is 0 Å². The number of nitrogens with one attached hydrogen (secondary N) is 1. The lowest BCUT2D eigenvalue weighted by molar-refractivity contribution is 0.600. The Morgan fingerprint density at radius 3 is 2.53 bits per heavy atom. The van der Waals surface area contributed by atoms with E-state index in [0.717, 1.165) is 0 Å². The van der Waals surface area contributed by atoms with Crippen molar-refractivity contribution in [2.45, 2.75) is 5.75 Å². The van der Waals surface area contributed by atoms with Crippen LogP contribution in [0.4, 0.5) is 5.69 Å². The third kappa shape index (κ3) is 3.53. The molecule has 5 nitrogen and oxygen atoms in total. The van der Waals surface area contributed by atoms with Gasteiger partial charge in [0.2, 0.25) is 10.0 Å². The molecule has 1 aromatic heterocycles. The molecule has 0 unspecified atom stereocenters. The standard InChI is InChI=1S/C13H11N3O2S/c14-9-11-3-1-2-4-12(11)10-19(17,18)16-13-5-7-15-8-6-13/h1-8H,10H2,(H,15,16). The monoisotopic (exact) mass is 273 g/mol. The first-order valence-corrected chi connectivity index (χ1v) is 7.14. The Kier molecular flexibility index (Phi) is 3.78. The third-order valence-electron chi connectivity index (χ3n) is 2.44. The summed E-state index contributed by atoms with van der Waals surface area (Å²) in [5.74, 6) is -0.237. The van der Waals surface area contributed by atoms with Crippen molar-refractivity contribution >= 4 is 15.7 Å². The molecule has 0 aliphatic heterocycles. The van der Waals surface area contributed by atoms with Crippen molar-refractivity contribution in [3.05, 3.63) is 59.9 Å². The topological polar surface area (TPSA) is 82.8 Å². The molecule has 0 amide bonds. The fraction of sp³-hybridized carbons (Fsp3) is 0.0769. The van der Waals surface area contributed by atoms with Crippen LogP contribution in [0, 0.1) is 11.3 Å². The minimum absolute atomic E-state index is 0.237. The Bertz CT molecular complexity index is 706. The number of anilines is 1. The maximum absolute atomic E-state index is 12.0. The first-order chi connectivity index (χ1) is 9.11. The van der Waals surface area contributed by atoms with Gasteiger partial charge in [0.05, 0.1) is 23.1 Å². The van der Waals surface area contributed by atoms with Crippen LogP contribution >= 0.6 is 0 Å². The SMILES string of the molecule is N#Cc1ccccc1CS(=O)(=O)Nc1ccncc1. The largest absolute Gasteiger partial charge is 0.283 e. The van der Waals surface area contributed by atoms with Crippen LogP contribution in [-0.2, 0) is 15.8 Å². The fourth-order valence-electron chi connectivity index (χ4n) is 1.60. The number of rotatable bonds is 4. The highest BCUT2D eigenvalue weighted by molar-refractivity contribution is 7.91. The fourth-order valence-corrected chi connectivity index (χ4v) is 2.82. The Morgan fingerprint density at radius 1 is 1.16 bits per heavy atom. The predicted octanol–water partition coefficient (Wildman–Crippen LogP) is 1.90. The van der Waals surface area contributed by atoms with Crippen molar-refractivity contribution in [1.29, 1.82) is 5.26 Å². The van der Waals surface area contributed by atoms with Gasteiger partial charge in [0, 0.05) is 12.4 Å². The quantitative estimate of drug-likeness (QED) is 0.922. The Hall–Kier alpha value is -2.39. The van der Waals surface area contributed by atoms with Gasteiger partial charge in [0.25, 0.3) is 0 Å². The summed E-state index contributed by atoms with van der Waals surface area (Å²) in [5.41, 5.74) is 1.29. The molecule has 6 heteroatoms. The summed E-state index contributed by atoms with van der Waals surface area (Å²) in [6, 6.07) is 11.7. The number of nitriles is 1. The first-order valence-electron chi connectivity index (χ1n) is 5.49. The summed E-state index contributed by atoms with van der Waals surface area (Å²) in [4.78, 5) is 3.81. The van der Waals surface area contributed by atoms with Gasteiger partial charge in [-0.2, -0.15) is 5.26 Å². The van der Waals surface area contributed by atoms with E-state index >= 15 is 0 Å². The number of aromatic nitrogens is 1. The smallest absolute Gasteiger partial charge is 0.236 e. The van der Waals surface area contributed by atoms with Gasteiger partial charge in [-0.1, -0.05) is 18.2 Å². The molecule has 0 spiro atoms. The molecule has 96 valence electrons. The van der Waals surface area contributed by atoms with Gasteiger partial charge >= 0.3 is 0 Å². The molecular weight excluding hydrogens is 262 g/mol. The number of nitrogens with zero attached hydrogens (tertiary/aromatic N) is 2. The summed E-state index contributed by atoms with van der Waals surface area (Å²) in [7, 11) is -3.55. The number of hydrogen-bond acceptors (Lipinski definition) is 4. The normalized spacial score (nSPS) is 10.7. The highest BCUT2D eigenvalue weighted by Crippen LogP contribution is 2.14. The van der Waals surface area contributed by atoms with E-state index in [0.29, 0.717) is 16.8 Å². The van der Waals surface area contributed by atoms with Crippen molar-refractivity contribution in [2.24, 2.45) is 0 Å². The van der Waals surface area contributed by atoms with Gasteiger partial charge in [-0.3, -0.25) is 9.71 Å². The lowest BCUT2D eigenvalue weighted by Gasteiger charge is -2.08. The van der Waals surface area contributed by atoms with Crippen molar-refractivity contribution in [2.75, 3.05) is 4.72 Å². The lowest BCUT2D eigenvalue weighted by Crippen LogP contribution is -2.15. The van der Waals surface area contributed by atoms with E-state index < -0.39 is 10.0 Å². The average Bonchev–Trinajstić information content (AvgIpc) is 2.39. The molecule has 0 aliphatic rings. The zero-order chi connectivity index (χ0) is 13.7. The molecule has 19 heavy (non-hydrogen) atoms. The minimum atomic E-state index is -3.55. The lowest BCUT2D eigenvalue weighted by atomic mass is 10.1. The van der Waals surface area contributed by atoms with Crippen LogP contribution in [0.25, 0.3) is 0 Å². The molecule has 2 rings (SSSR count). The van der Waals surface area contributed by atoms with Crippen molar-refractivity contribution in [1.82, 2.24) is 4.98 Å². The molecule has 0 saturated heterocycles. The summed E-state index contributed by atoms with van der Waals surface area (Å²) in [5, 5.41) is 8.93. The Labute approximate surface area is 111 Å². The average molecular weight is 273 g/mol. The molecule has 0 saturated carbocycles. The van der Waals surface area contributed by atoms with Crippen LogP contribution in [-0.4, -0.2) is 13.4 Å². The minimum Gasteiger partial charge on any atom is -0.283 e. The number of pyridine rings is 1. The molecule has 0 aliphatic carbocycles. The van der Waals surface area contributed by atoms with E-state index in [1.807, 2.05) is 6.07 Å². The van der Waals surface area contributed by atoms with Crippen molar-refractivity contribution in [3.63, 3.8) is 0 Å². The van der Waals surface area contributed by atoms with Gasteiger partial charge in [-0.25, -0.2) is 8.42 Å². The van der Waals surface area contributed by atoms with Gasteiger partial charge in [0.1, 0.15) is 0 Å². The van der Waals surface area contributed by atoms with Gasteiger partial charge in [-0.05, 0) is 23.8 Å². The highest BCUT2D eigenvalue weighted by Gasteiger charge is 2.14. The summed E-state index contributed by atoms with van der Waals surface area (Å²) < 4.78 is 26.4. The molecule has 0 fully saturated rings. The second kappa shape index (κ2) is 5.50. The van der Waals surface area contributed by atoms with Crippen LogP contribution in [0.5, 0.6) is 0 Å². The van der Waals surface area contributed by atoms with Gasteiger partial charge in [0.15, 0.2) is 0 Å². The number of hydrogen-bond donors (Lipinski definition) is 1. The molecular formula is C13H11N3O2S. The number of benzene rings is 1. The molecule has 0 atom stereocenters. The van der Waals surface area contributed by atoms with Crippen LogP contribution in [0.15, 0.2) is 48.8 Å². The Morgan fingerprint density at radius 2 is 1.84 bits per heavy atom. The maximum Gasteiger partial charge on any atom is 0.236 e. The highest BCUT2D eigenvalue weighted by atomic mass is 32.2. The third-order valence-corrected chi connectivity index (χ3v) is 3.67. The summed E-state index contributed by atoms with van der Waals surface area (Å²) >= 11 is 0. The molecule has 1 aromatic carbocycles. The zero-order valence-electron chi connectivity index (χ0n) is 9.95. The van der Waals surface area contributed by atoms with E-state index in [1.54, 1.807) is 36.4 Å². The maximum atomic E-state index is 12.0. The molecule has 2 aromatic rings. The van der Waals surface area contributed by atoms with Crippen LogP contribution in [0.1, 0.15) is 11.1 Å². The molecule has 0 radical (unpaired) electrons. The second-order valence-corrected chi connectivity index (χ2v) is 5.59. The van der Waals surface area contributed by atoms with E-state index in [9.17, 15) is 8.42 Å². The first kappa shape index (κ1) is 13.1. The van der Waals surface area contributed by atoms with E-state index in [2.05, 4.69) is 9.71 Å². The van der Waals surface area contributed by atoms with Crippen LogP contribution in [0.2, 0.25) is 0 Å². The summed E-state index contributed by atoms with van der Waals surface area (Å²) in [6.07, 6.45) is 3.00. The van der Waals surface area contributed by atoms with E-state index in [-0.39, 0.29) is 5.75 Å². The van der Waals surface area contributed by atoms with Crippen molar-refractivity contribution in [3.8, 4) is 6.07 Å². The number of sulfonamides is 1. The zero-order valence-corrected chi connectivity index (χ0v) is 10.8. The van der Waals surface area contributed by atoms with E-state index in [4.69, 9.17) is 5.26 Å². The Balaban J connectivity index is 2.21. The molecule has 1 N–H and O–H groups in total. The van der Waals surface area contributed by atoms with Crippen molar-refractivity contribution < 1.29 is 8.42 Å². The van der Waals surface area contributed by atoms with Crippen LogP contribution < -0.4 is 4.72 Å². The summed E-state index contributed by atoms with van der Waals surface area (Å²) in [6.45, 7) is 0. The van der Waals surface area contributed by atoms with E-state index in [1.165, 1.54) is 12.4 Å².